The van der Waals surface area contributed by atoms with Gasteiger partial charge in [-0.2, -0.15) is 0 Å². The highest BCUT2D eigenvalue weighted by Crippen LogP contribution is 2.28. The summed E-state index contributed by atoms with van der Waals surface area (Å²) in [6.07, 6.45) is 0. The van der Waals surface area contributed by atoms with E-state index in [9.17, 15) is 4.79 Å². The van der Waals surface area contributed by atoms with Crippen molar-refractivity contribution in [1.82, 2.24) is 15.6 Å². The predicted octanol–water partition coefficient (Wildman–Crippen LogP) is 4.47. The first-order valence-corrected chi connectivity index (χ1v) is 11.2. The van der Waals surface area contributed by atoms with E-state index in [1.165, 1.54) is 11.3 Å². The molecule has 32 heavy (non-hydrogen) atoms. The monoisotopic (exact) mass is 576 g/mol. The number of nitrogens with one attached hydrogen (secondary N) is 2. The number of esters is 1. The first-order chi connectivity index (χ1) is 14.9. The van der Waals surface area contributed by atoms with Gasteiger partial charge in [0.2, 0.25) is 0 Å². The first-order valence-electron chi connectivity index (χ1n) is 10.4. The van der Waals surface area contributed by atoms with Crippen LogP contribution < -0.4 is 20.1 Å². The fourth-order valence-corrected chi connectivity index (χ4v) is 3.80. The molecule has 1 unspecified atom stereocenters. The molecule has 0 spiro atoms. The first kappa shape index (κ1) is 28.0. The summed E-state index contributed by atoms with van der Waals surface area (Å²) in [6, 6.07) is 5.66. The summed E-state index contributed by atoms with van der Waals surface area (Å²) in [6.45, 7) is 11.6. The molecule has 0 fully saturated rings. The van der Waals surface area contributed by atoms with Crippen molar-refractivity contribution in [2.75, 3.05) is 26.9 Å². The Morgan fingerprint density at radius 3 is 2.59 bits per heavy atom. The average molecular weight is 577 g/mol. The van der Waals surface area contributed by atoms with Crippen molar-refractivity contribution in [2.45, 2.75) is 47.2 Å². The number of aromatic nitrogens is 1. The molecule has 1 aromatic carbocycles. The fourth-order valence-electron chi connectivity index (χ4n) is 2.83. The van der Waals surface area contributed by atoms with Crippen molar-refractivity contribution in [1.29, 1.82) is 0 Å². The Morgan fingerprint density at radius 1 is 1.22 bits per heavy atom. The van der Waals surface area contributed by atoms with Crippen LogP contribution >= 0.6 is 35.3 Å². The van der Waals surface area contributed by atoms with Gasteiger partial charge >= 0.3 is 5.97 Å². The summed E-state index contributed by atoms with van der Waals surface area (Å²) < 4.78 is 16.1. The maximum atomic E-state index is 12.1. The number of thiazole rings is 1. The lowest BCUT2D eigenvalue weighted by atomic mass is 10.2. The van der Waals surface area contributed by atoms with Crippen LogP contribution in [0, 0.1) is 6.92 Å². The highest BCUT2D eigenvalue weighted by molar-refractivity contribution is 14.0. The summed E-state index contributed by atoms with van der Waals surface area (Å²) in [7, 11) is 1.62. The summed E-state index contributed by atoms with van der Waals surface area (Å²) >= 11 is 1.34. The van der Waals surface area contributed by atoms with Crippen LogP contribution in [0.3, 0.4) is 0 Å². The van der Waals surface area contributed by atoms with Crippen molar-refractivity contribution in [2.24, 2.45) is 4.99 Å². The molecule has 1 atom stereocenters. The number of halogens is 1. The van der Waals surface area contributed by atoms with Gasteiger partial charge in [-0.15, -0.1) is 35.3 Å². The molecule has 2 N–H and O–H groups in total. The predicted molar refractivity (Wildman–Crippen MR) is 139 cm³/mol. The number of guanidine groups is 1. The Morgan fingerprint density at radius 2 is 1.97 bits per heavy atom. The third-order valence-corrected chi connectivity index (χ3v) is 5.61. The largest absolute Gasteiger partial charge is 0.493 e. The van der Waals surface area contributed by atoms with Crippen LogP contribution in [0.5, 0.6) is 11.5 Å². The van der Waals surface area contributed by atoms with E-state index in [4.69, 9.17) is 14.2 Å². The van der Waals surface area contributed by atoms with E-state index >= 15 is 0 Å². The quantitative estimate of drug-likeness (QED) is 0.187. The maximum absolute atomic E-state index is 12.1. The van der Waals surface area contributed by atoms with Gasteiger partial charge in [-0.25, -0.2) is 14.8 Å². The number of methoxy groups -OCH3 is 1. The Hall–Kier alpha value is -2.08. The van der Waals surface area contributed by atoms with E-state index < -0.39 is 0 Å². The lowest BCUT2D eigenvalue weighted by Gasteiger charge is -2.16. The minimum absolute atomic E-state index is 0. The maximum Gasteiger partial charge on any atom is 0.350 e. The molecule has 0 amide bonds. The zero-order chi connectivity index (χ0) is 22.8. The topological polar surface area (TPSA) is 94.1 Å². The van der Waals surface area contributed by atoms with Gasteiger partial charge < -0.3 is 24.8 Å². The van der Waals surface area contributed by atoms with Crippen molar-refractivity contribution in [3.8, 4) is 11.5 Å². The summed E-state index contributed by atoms with van der Waals surface area (Å²) in [5.74, 6) is 1.73. The van der Waals surface area contributed by atoms with Crippen molar-refractivity contribution in [3.05, 3.63) is 39.3 Å². The zero-order valence-electron chi connectivity index (χ0n) is 19.5. The van der Waals surface area contributed by atoms with Crippen LogP contribution in [0.1, 0.15) is 59.7 Å². The van der Waals surface area contributed by atoms with Crippen molar-refractivity contribution in [3.63, 3.8) is 0 Å². The van der Waals surface area contributed by atoms with Crippen molar-refractivity contribution >= 4 is 47.2 Å². The minimum atomic E-state index is -0.332. The van der Waals surface area contributed by atoms with Gasteiger partial charge in [0, 0.05) is 6.54 Å². The molecule has 1 aromatic heterocycles. The molecule has 0 aliphatic carbocycles. The van der Waals surface area contributed by atoms with Gasteiger partial charge in [0.1, 0.15) is 9.88 Å². The van der Waals surface area contributed by atoms with Gasteiger partial charge in [-0.3, -0.25) is 0 Å². The van der Waals surface area contributed by atoms with Crippen LogP contribution in [-0.4, -0.2) is 43.8 Å². The fraction of sp³-hybridized carbons (Fsp3) is 0.500. The van der Waals surface area contributed by atoms with E-state index in [0.717, 1.165) is 17.1 Å². The number of carbonyl (C=O) groups is 1. The van der Waals surface area contributed by atoms with Gasteiger partial charge in [-0.1, -0.05) is 6.07 Å². The molecule has 1 heterocycles. The summed E-state index contributed by atoms with van der Waals surface area (Å²) in [5.41, 5.74) is 1.68. The second kappa shape index (κ2) is 14.1. The van der Waals surface area contributed by atoms with E-state index in [1.54, 1.807) is 14.0 Å². The van der Waals surface area contributed by atoms with E-state index in [2.05, 4.69) is 20.6 Å². The molecule has 0 aliphatic heterocycles. The molecule has 10 heteroatoms. The van der Waals surface area contributed by atoms with Crippen molar-refractivity contribution < 1.29 is 19.0 Å². The molecule has 0 saturated heterocycles. The van der Waals surface area contributed by atoms with Crippen LogP contribution in [0.15, 0.2) is 23.2 Å². The smallest absolute Gasteiger partial charge is 0.350 e. The highest BCUT2D eigenvalue weighted by Gasteiger charge is 2.20. The molecule has 0 bridgehead atoms. The SMILES string of the molecule is CCNC(=NCc1ccc(OC)c(OCC)c1)NC(C)c1nc(C)c(C(=O)OCC)s1.I. The van der Waals surface area contributed by atoms with E-state index in [0.29, 0.717) is 47.8 Å². The third kappa shape index (κ3) is 7.80. The third-order valence-electron chi connectivity index (χ3n) is 4.29. The van der Waals surface area contributed by atoms with Gasteiger partial charge in [-0.05, 0) is 52.3 Å². The molecule has 2 aromatic rings. The average Bonchev–Trinajstić information content (AvgIpc) is 3.14. The van der Waals surface area contributed by atoms with Gasteiger partial charge in [0.15, 0.2) is 17.5 Å². The number of aliphatic imine (C=N–C) groups is 1. The molecule has 0 aliphatic rings. The second-order valence-corrected chi connectivity index (χ2v) is 7.70. The normalized spacial score (nSPS) is 11.9. The lowest BCUT2D eigenvalue weighted by Crippen LogP contribution is -2.38. The minimum Gasteiger partial charge on any atom is -0.493 e. The molecule has 178 valence electrons. The summed E-state index contributed by atoms with van der Waals surface area (Å²) in [4.78, 5) is 21.8. The zero-order valence-corrected chi connectivity index (χ0v) is 22.6. The van der Waals surface area contributed by atoms with E-state index in [-0.39, 0.29) is 36.0 Å². The van der Waals surface area contributed by atoms with E-state index in [1.807, 2.05) is 45.9 Å². The number of carbonyl (C=O) groups excluding carboxylic acids is 1. The Labute approximate surface area is 211 Å². The number of rotatable bonds is 10. The number of ether oxygens (including phenoxy) is 3. The Balaban J connectivity index is 0.00000512. The molecule has 2 rings (SSSR count). The molecule has 0 saturated carbocycles. The number of nitrogens with zero attached hydrogens (tertiary/aromatic N) is 2. The molecular weight excluding hydrogens is 543 g/mol. The lowest BCUT2D eigenvalue weighted by molar-refractivity contribution is 0.0531. The molecule has 8 nitrogen and oxygen atoms in total. The van der Waals surface area contributed by atoms with Crippen LogP contribution in [-0.2, 0) is 11.3 Å². The van der Waals surface area contributed by atoms with Crippen LogP contribution in [0.25, 0.3) is 0 Å². The molecule has 0 radical (unpaired) electrons. The second-order valence-electron chi connectivity index (χ2n) is 6.67. The highest BCUT2D eigenvalue weighted by atomic mass is 127. The molecular formula is C22H33IN4O4S. The standard InChI is InChI=1S/C22H32N4O4S.HI/c1-7-23-22(24-13-16-10-11-17(28-6)18(12-16)29-8-2)26-15(5)20-25-14(4)19(31-20)21(27)30-9-3;/h10-12,15H,7-9,13H2,1-6H3,(H2,23,24,26);1H. The van der Waals surface area contributed by atoms with Gasteiger partial charge in [0.25, 0.3) is 0 Å². The van der Waals surface area contributed by atoms with Crippen LogP contribution in [0.2, 0.25) is 0 Å². The number of aryl methyl sites for hydroxylation is 1. The Bertz CT molecular complexity index is 904. The number of hydrogen-bond acceptors (Lipinski definition) is 7. The number of hydrogen-bond donors (Lipinski definition) is 2. The summed E-state index contributed by atoms with van der Waals surface area (Å²) in [5, 5.41) is 7.41. The van der Waals surface area contributed by atoms with Gasteiger partial charge in [0.05, 0.1) is 38.6 Å². The Kier molecular flexibility index (Phi) is 12.4. The number of benzene rings is 1. The van der Waals surface area contributed by atoms with Crippen LogP contribution in [0.4, 0.5) is 0 Å².